The van der Waals surface area contributed by atoms with Gasteiger partial charge in [0.25, 0.3) is 0 Å². The normalized spacial score (nSPS) is 10.4. The van der Waals surface area contributed by atoms with E-state index in [4.69, 9.17) is 28.9 Å². The van der Waals surface area contributed by atoms with Crippen molar-refractivity contribution in [2.75, 3.05) is 5.32 Å². The minimum absolute atomic E-state index is 0.332. The second-order valence-corrected chi connectivity index (χ2v) is 3.67. The van der Waals surface area contributed by atoms with Gasteiger partial charge in [-0.25, -0.2) is 0 Å². The minimum atomic E-state index is -0.690. The number of anilines is 1. The molecule has 1 aromatic rings. The van der Waals surface area contributed by atoms with Gasteiger partial charge in [0.15, 0.2) is 0 Å². The predicted molar refractivity (Wildman–Crippen MR) is 63.4 cm³/mol. The third-order valence-corrected chi connectivity index (χ3v) is 2.33. The zero-order valence-electron chi connectivity index (χ0n) is 8.04. The Balaban J connectivity index is 2.70. The first-order valence-corrected chi connectivity index (χ1v) is 4.98. The van der Waals surface area contributed by atoms with E-state index in [9.17, 15) is 9.59 Å². The van der Waals surface area contributed by atoms with Crippen molar-refractivity contribution in [3.05, 3.63) is 40.4 Å². The van der Waals surface area contributed by atoms with Gasteiger partial charge in [-0.15, -0.1) is 0 Å². The smallest absolute Gasteiger partial charge is 0.248 e. The van der Waals surface area contributed by atoms with E-state index in [-0.39, 0.29) is 0 Å². The summed E-state index contributed by atoms with van der Waals surface area (Å²) >= 11 is 11.4. The molecule has 6 heteroatoms. The van der Waals surface area contributed by atoms with Crippen molar-refractivity contribution in [2.45, 2.75) is 0 Å². The van der Waals surface area contributed by atoms with Crippen LogP contribution in [0.3, 0.4) is 0 Å². The molecule has 0 unspecified atom stereocenters. The third kappa shape index (κ3) is 3.92. The van der Waals surface area contributed by atoms with Crippen LogP contribution in [0.15, 0.2) is 30.4 Å². The van der Waals surface area contributed by atoms with Crippen LogP contribution in [0.25, 0.3) is 0 Å². The molecule has 0 saturated heterocycles. The standard InChI is InChI=1S/C10H8Cl2N2O2/c11-7-2-1-6(5-8(7)12)14-10(16)4-3-9(13)15/h1-5H,(H2,13,15)(H,14,16)/b4-3-. The van der Waals surface area contributed by atoms with Crippen LogP contribution < -0.4 is 11.1 Å². The monoisotopic (exact) mass is 258 g/mol. The molecular weight excluding hydrogens is 251 g/mol. The summed E-state index contributed by atoms with van der Waals surface area (Å²) in [5, 5.41) is 3.22. The number of amides is 2. The highest BCUT2D eigenvalue weighted by molar-refractivity contribution is 6.42. The maximum absolute atomic E-state index is 11.2. The lowest BCUT2D eigenvalue weighted by Crippen LogP contribution is -2.11. The van der Waals surface area contributed by atoms with E-state index in [1.807, 2.05) is 0 Å². The molecule has 0 spiro atoms. The van der Waals surface area contributed by atoms with Crippen molar-refractivity contribution in [1.29, 1.82) is 0 Å². The number of benzene rings is 1. The van der Waals surface area contributed by atoms with E-state index in [0.717, 1.165) is 12.2 Å². The summed E-state index contributed by atoms with van der Waals surface area (Å²) in [4.78, 5) is 21.6. The Labute approximate surface area is 102 Å². The lowest BCUT2D eigenvalue weighted by atomic mass is 10.3. The molecule has 84 valence electrons. The maximum atomic E-state index is 11.2. The molecule has 16 heavy (non-hydrogen) atoms. The molecule has 1 aromatic carbocycles. The Hall–Kier alpha value is -1.52. The number of nitrogens with two attached hydrogens (primary N) is 1. The van der Waals surface area contributed by atoms with Gasteiger partial charge in [-0.3, -0.25) is 9.59 Å². The largest absolute Gasteiger partial charge is 0.366 e. The third-order valence-electron chi connectivity index (χ3n) is 1.59. The minimum Gasteiger partial charge on any atom is -0.366 e. The van der Waals surface area contributed by atoms with Crippen molar-refractivity contribution in [2.24, 2.45) is 5.73 Å². The van der Waals surface area contributed by atoms with Gasteiger partial charge in [0, 0.05) is 17.8 Å². The van der Waals surface area contributed by atoms with Gasteiger partial charge in [-0.1, -0.05) is 23.2 Å². The summed E-state index contributed by atoms with van der Waals surface area (Å²) in [5.74, 6) is -1.17. The number of carbonyl (C=O) groups is 2. The first-order chi connectivity index (χ1) is 7.49. The van der Waals surface area contributed by atoms with Crippen LogP contribution in [-0.2, 0) is 9.59 Å². The highest BCUT2D eigenvalue weighted by Gasteiger charge is 2.01. The van der Waals surface area contributed by atoms with E-state index < -0.39 is 11.8 Å². The Kier molecular flexibility index (Phi) is 4.34. The van der Waals surface area contributed by atoms with Gasteiger partial charge in [-0.2, -0.15) is 0 Å². The maximum Gasteiger partial charge on any atom is 0.248 e. The Morgan fingerprint density at radius 3 is 2.44 bits per heavy atom. The van der Waals surface area contributed by atoms with Gasteiger partial charge >= 0.3 is 0 Å². The lowest BCUT2D eigenvalue weighted by molar-refractivity contribution is -0.115. The van der Waals surface area contributed by atoms with Crippen LogP contribution in [0.2, 0.25) is 10.0 Å². The number of carbonyl (C=O) groups excluding carboxylic acids is 2. The van der Waals surface area contributed by atoms with Crippen LogP contribution in [-0.4, -0.2) is 11.8 Å². The van der Waals surface area contributed by atoms with Gasteiger partial charge in [0.05, 0.1) is 10.0 Å². The van der Waals surface area contributed by atoms with Crippen LogP contribution in [0.1, 0.15) is 0 Å². The van der Waals surface area contributed by atoms with Crippen molar-refractivity contribution in [1.82, 2.24) is 0 Å². The fourth-order valence-electron chi connectivity index (χ4n) is 0.916. The van der Waals surface area contributed by atoms with Gasteiger partial charge < -0.3 is 11.1 Å². The summed E-state index contributed by atoms with van der Waals surface area (Å²) < 4.78 is 0. The molecule has 0 aliphatic rings. The topological polar surface area (TPSA) is 72.2 Å². The van der Waals surface area contributed by atoms with E-state index in [2.05, 4.69) is 5.32 Å². The molecule has 0 fully saturated rings. The number of primary amides is 1. The first-order valence-electron chi connectivity index (χ1n) is 4.22. The van der Waals surface area contributed by atoms with Crippen LogP contribution in [0, 0.1) is 0 Å². The van der Waals surface area contributed by atoms with Gasteiger partial charge in [0.1, 0.15) is 0 Å². The van der Waals surface area contributed by atoms with Gasteiger partial charge in [0.2, 0.25) is 11.8 Å². The second kappa shape index (κ2) is 5.53. The van der Waals surface area contributed by atoms with Crippen LogP contribution in [0.4, 0.5) is 5.69 Å². The van der Waals surface area contributed by atoms with Gasteiger partial charge in [-0.05, 0) is 18.2 Å². The van der Waals surface area contributed by atoms with Crippen molar-refractivity contribution < 1.29 is 9.59 Å². The van der Waals surface area contributed by atoms with E-state index in [0.29, 0.717) is 15.7 Å². The predicted octanol–water partition coefficient (Wildman–Crippen LogP) is 1.97. The molecule has 1 rings (SSSR count). The van der Waals surface area contributed by atoms with Crippen molar-refractivity contribution in [3.63, 3.8) is 0 Å². The molecule has 4 nitrogen and oxygen atoms in total. The number of rotatable bonds is 3. The fourth-order valence-corrected chi connectivity index (χ4v) is 1.21. The zero-order chi connectivity index (χ0) is 12.1. The van der Waals surface area contributed by atoms with Crippen LogP contribution in [0.5, 0.6) is 0 Å². The number of hydrogen-bond acceptors (Lipinski definition) is 2. The summed E-state index contributed by atoms with van der Waals surface area (Å²) in [7, 11) is 0. The Morgan fingerprint density at radius 1 is 1.19 bits per heavy atom. The van der Waals surface area contributed by atoms with E-state index in [1.165, 1.54) is 6.07 Å². The summed E-state index contributed by atoms with van der Waals surface area (Å²) in [5.41, 5.74) is 5.31. The van der Waals surface area contributed by atoms with E-state index in [1.54, 1.807) is 12.1 Å². The molecule has 3 N–H and O–H groups in total. The fraction of sp³-hybridized carbons (Fsp3) is 0. The Bertz CT molecular complexity index is 458. The quantitative estimate of drug-likeness (QED) is 0.814. The molecule has 0 bridgehead atoms. The molecule has 0 radical (unpaired) electrons. The molecule has 0 saturated carbocycles. The molecular formula is C10H8Cl2N2O2. The number of halogens is 2. The average Bonchev–Trinajstić information content (AvgIpc) is 2.21. The van der Waals surface area contributed by atoms with Crippen LogP contribution >= 0.6 is 23.2 Å². The summed E-state index contributed by atoms with van der Waals surface area (Å²) in [6.07, 6.45) is 2.00. The summed E-state index contributed by atoms with van der Waals surface area (Å²) in [6.45, 7) is 0. The SMILES string of the molecule is NC(=O)/C=C\C(=O)Nc1ccc(Cl)c(Cl)c1. The van der Waals surface area contributed by atoms with E-state index >= 15 is 0 Å². The molecule has 0 atom stereocenters. The molecule has 0 heterocycles. The van der Waals surface area contributed by atoms with Crippen molar-refractivity contribution >= 4 is 40.7 Å². The Morgan fingerprint density at radius 2 is 1.88 bits per heavy atom. The first kappa shape index (κ1) is 12.5. The molecule has 0 aliphatic carbocycles. The lowest BCUT2D eigenvalue weighted by Gasteiger charge is -2.03. The number of nitrogens with one attached hydrogen (secondary N) is 1. The molecule has 0 aromatic heterocycles. The van der Waals surface area contributed by atoms with Crippen molar-refractivity contribution in [3.8, 4) is 0 Å². The zero-order valence-corrected chi connectivity index (χ0v) is 9.55. The molecule has 0 aliphatic heterocycles. The second-order valence-electron chi connectivity index (χ2n) is 2.85. The summed E-state index contributed by atoms with van der Waals surface area (Å²) in [6, 6.07) is 4.64. The average molecular weight is 259 g/mol. The number of hydrogen-bond donors (Lipinski definition) is 2. The molecule has 2 amide bonds. The highest BCUT2D eigenvalue weighted by atomic mass is 35.5. The highest BCUT2D eigenvalue weighted by Crippen LogP contribution is 2.24.